The molecule has 0 aliphatic carbocycles. The van der Waals surface area contributed by atoms with Crippen molar-refractivity contribution in [3.63, 3.8) is 0 Å². The van der Waals surface area contributed by atoms with Crippen molar-refractivity contribution < 1.29 is 24.3 Å². The highest BCUT2D eigenvalue weighted by Gasteiger charge is 2.67. The summed E-state index contributed by atoms with van der Waals surface area (Å²) in [6, 6.07) is 0. The Balaban J connectivity index is 5.34. The lowest BCUT2D eigenvalue weighted by Crippen LogP contribution is -2.55. The van der Waals surface area contributed by atoms with E-state index in [0.717, 1.165) is 0 Å². The quantitative estimate of drug-likeness (QED) is 0.190. The molecule has 0 aromatic carbocycles. The molecule has 0 spiro atoms. The van der Waals surface area contributed by atoms with Crippen molar-refractivity contribution in [2.45, 2.75) is 5.85 Å². The van der Waals surface area contributed by atoms with Gasteiger partial charge in [-0.15, -0.1) is 0 Å². The van der Waals surface area contributed by atoms with Crippen molar-refractivity contribution in [3.8, 4) is 0 Å². The normalized spacial score (nSPS) is 10.2. The first kappa shape index (κ1) is 13.4. The van der Waals surface area contributed by atoms with Crippen molar-refractivity contribution in [2.24, 2.45) is 0 Å². The van der Waals surface area contributed by atoms with Crippen LogP contribution in [0.15, 0.2) is 12.7 Å². The average molecular weight is 235 g/mol. The molecule has 0 radical (unpaired) electrons. The summed E-state index contributed by atoms with van der Waals surface area (Å²) in [4.78, 5) is 36.9. The lowest BCUT2D eigenvalue weighted by atomic mass is 10.4. The Labute approximate surface area is 86.7 Å². The Morgan fingerprint density at radius 1 is 1.25 bits per heavy atom. The predicted octanol–water partition coefficient (Wildman–Crippen LogP) is -0.800. The van der Waals surface area contributed by atoms with Gasteiger partial charge in [0.25, 0.3) is 0 Å². The molecule has 88 valence electrons. The summed E-state index contributed by atoms with van der Waals surface area (Å²) < 4.78 is 3.82. The minimum absolute atomic E-state index is 0.418. The fourth-order valence-corrected chi connectivity index (χ4v) is 0.660. The summed E-state index contributed by atoms with van der Waals surface area (Å²) in [5, 5.41) is 30.9. The van der Waals surface area contributed by atoms with Crippen LogP contribution in [0.5, 0.6) is 0 Å². The molecule has 0 aliphatic heterocycles. The number of ether oxygens (including phenoxy) is 1. The molecule has 0 rings (SSSR count). The van der Waals surface area contributed by atoms with Gasteiger partial charge in [0.1, 0.15) is 9.85 Å². The third-order valence-corrected chi connectivity index (χ3v) is 1.34. The molecule has 11 heteroatoms. The minimum atomic E-state index is -3.63. The zero-order valence-corrected chi connectivity index (χ0v) is 7.60. The summed E-state index contributed by atoms with van der Waals surface area (Å²) in [5.74, 6) is -5.13. The summed E-state index contributed by atoms with van der Waals surface area (Å²) in [5.41, 5.74) is 0. The Bertz CT molecular complexity index is 349. The van der Waals surface area contributed by atoms with Crippen molar-refractivity contribution in [3.05, 3.63) is 43.0 Å². The number of hydrogen-bond donors (Lipinski definition) is 0. The minimum Gasteiger partial charge on any atom is -0.328 e. The van der Waals surface area contributed by atoms with Crippen LogP contribution in [0.1, 0.15) is 0 Å². The van der Waals surface area contributed by atoms with Crippen LogP contribution in [0.4, 0.5) is 0 Å². The molecule has 0 amide bonds. The first-order chi connectivity index (χ1) is 7.26. The third kappa shape index (κ3) is 2.70. The van der Waals surface area contributed by atoms with Crippen LogP contribution in [0, 0.1) is 30.3 Å². The highest BCUT2D eigenvalue weighted by atomic mass is 16.8. The van der Waals surface area contributed by atoms with Crippen molar-refractivity contribution in [1.82, 2.24) is 0 Å². The maximum absolute atomic E-state index is 10.6. The topological polar surface area (TPSA) is 156 Å². The monoisotopic (exact) mass is 235 g/mol. The Kier molecular flexibility index (Phi) is 4.00. The molecule has 0 heterocycles. The van der Waals surface area contributed by atoms with Crippen LogP contribution in [-0.4, -0.2) is 33.1 Å². The Morgan fingerprint density at radius 2 is 1.69 bits per heavy atom. The smallest absolute Gasteiger partial charge is 0.328 e. The molecule has 11 nitrogen and oxygen atoms in total. The zero-order chi connectivity index (χ0) is 12.9. The van der Waals surface area contributed by atoms with E-state index in [1.165, 1.54) is 0 Å². The molecule has 0 unspecified atom stereocenters. The van der Waals surface area contributed by atoms with Gasteiger partial charge in [0.2, 0.25) is 0 Å². The highest BCUT2D eigenvalue weighted by Crippen LogP contribution is 2.14. The van der Waals surface area contributed by atoms with E-state index in [-0.39, 0.29) is 0 Å². The number of carbonyl (C=O) groups is 1. The van der Waals surface area contributed by atoms with E-state index >= 15 is 0 Å². The van der Waals surface area contributed by atoms with Gasteiger partial charge in [-0.3, -0.25) is 30.3 Å². The second-order valence-corrected chi connectivity index (χ2v) is 2.37. The lowest BCUT2D eigenvalue weighted by molar-refractivity contribution is -0.864. The van der Waals surface area contributed by atoms with Gasteiger partial charge in [0, 0.05) is 11.0 Å². The van der Waals surface area contributed by atoms with E-state index in [2.05, 4.69) is 11.3 Å². The maximum Gasteiger partial charge on any atom is 0.688 e. The summed E-state index contributed by atoms with van der Waals surface area (Å²) in [6.07, 6.45) is 0.418. The number of esters is 1. The molecule has 0 saturated carbocycles. The second kappa shape index (κ2) is 4.77. The largest absolute Gasteiger partial charge is 0.688 e. The van der Waals surface area contributed by atoms with Crippen molar-refractivity contribution in [1.29, 1.82) is 0 Å². The molecule has 0 saturated heterocycles. The molecule has 0 aromatic rings. The van der Waals surface area contributed by atoms with Gasteiger partial charge in [-0.1, -0.05) is 6.58 Å². The molecular weight excluding hydrogens is 230 g/mol. The van der Waals surface area contributed by atoms with Crippen LogP contribution in [0.3, 0.4) is 0 Å². The number of carbonyl (C=O) groups excluding carboxylic acids is 1. The molecule has 0 aromatic heterocycles. The number of nitro groups is 3. The fourth-order valence-electron chi connectivity index (χ4n) is 0.660. The molecule has 0 fully saturated rings. The molecule has 0 atom stereocenters. The number of hydrogen-bond acceptors (Lipinski definition) is 8. The summed E-state index contributed by atoms with van der Waals surface area (Å²) in [6.45, 7) is 1.07. The Morgan fingerprint density at radius 3 is 1.94 bits per heavy atom. The molecular formula is C5H5N3O8. The van der Waals surface area contributed by atoms with E-state index in [1.807, 2.05) is 0 Å². The first-order valence-corrected chi connectivity index (χ1v) is 3.52. The second-order valence-electron chi connectivity index (χ2n) is 2.37. The summed E-state index contributed by atoms with van der Waals surface area (Å²) in [7, 11) is 0. The lowest BCUT2D eigenvalue weighted by Gasteiger charge is -2.11. The first-order valence-electron chi connectivity index (χ1n) is 3.52. The van der Waals surface area contributed by atoms with Crippen LogP contribution in [-0.2, 0) is 9.53 Å². The van der Waals surface area contributed by atoms with E-state index < -0.39 is 33.1 Å². The van der Waals surface area contributed by atoms with Gasteiger partial charge < -0.3 is 4.74 Å². The highest BCUT2D eigenvalue weighted by molar-refractivity contribution is 5.81. The van der Waals surface area contributed by atoms with Gasteiger partial charge >= 0.3 is 18.4 Å². The van der Waals surface area contributed by atoms with Crippen LogP contribution in [0.2, 0.25) is 0 Å². The third-order valence-electron chi connectivity index (χ3n) is 1.34. The number of rotatable bonds is 6. The SMILES string of the molecule is C=CC(=O)OC(C[N+](=O)[O-])([N+](=O)[O-])[N+](=O)[O-]. The predicted molar refractivity (Wildman–Crippen MR) is 44.9 cm³/mol. The van der Waals surface area contributed by atoms with E-state index in [4.69, 9.17) is 0 Å². The molecule has 0 N–H and O–H groups in total. The van der Waals surface area contributed by atoms with E-state index in [0.29, 0.717) is 6.08 Å². The Hall–Kier alpha value is -2.59. The molecule has 0 bridgehead atoms. The van der Waals surface area contributed by atoms with Crippen LogP contribution >= 0.6 is 0 Å². The molecule has 16 heavy (non-hydrogen) atoms. The van der Waals surface area contributed by atoms with Crippen molar-refractivity contribution >= 4 is 5.97 Å². The van der Waals surface area contributed by atoms with Gasteiger partial charge in [-0.05, 0) is 0 Å². The van der Waals surface area contributed by atoms with Crippen molar-refractivity contribution in [2.75, 3.05) is 6.54 Å². The average Bonchev–Trinajstić information content (AvgIpc) is 2.14. The zero-order valence-electron chi connectivity index (χ0n) is 7.60. The fraction of sp³-hybridized carbons (Fsp3) is 0.400. The molecule has 0 aliphatic rings. The van der Waals surface area contributed by atoms with Gasteiger partial charge in [0.05, 0.1) is 0 Å². The van der Waals surface area contributed by atoms with E-state index in [1.54, 1.807) is 0 Å². The number of nitrogens with zero attached hydrogens (tertiary/aromatic N) is 3. The maximum atomic E-state index is 10.6. The van der Waals surface area contributed by atoms with Crippen LogP contribution in [0.25, 0.3) is 0 Å². The standard InChI is InChI=1S/C5H5N3O8/c1-2-4(9)16-5(7(12)13,8(14)15)3-6(10)11/h2H,1,3H2. The summed E-state index contributed by atoms with van der Waals surface area (Å²) >= 11 is 0. The van der Waals surface area contributed by atoms with Gasteiger partial charge in [-0.2, -0.15) is 0 Å². The van der Waals surface area contributed by atoms with Gasteiger partial charge in [0.15, 0.2) is 0 Å². The van der Waals surface area contributed by atoms with Gasteiger partial charge in [-0.25, -0.2) is 4.79 Å². The van der Waals surface area contributed by atoms with Crippen LogP contribution < -0.4 is 0 Å². The van der Waals surface area contributed by atoms with E-state index in [9.17, 15) is 35.1 Å².